The van der Waals surface area contributed by atoms with Crippen LogP contribution in [0, 0.1) is 9.49 Å². The largest absolute Gasteiger partial charge is 0.493 e. The van der Waals surface area contributed by atoms with Crippen LogP contribution in [0.3, 0.4) is 0 Å². The zero-order chi connectivity index (χ0) is 15.9. The van der Waals surface area contributed by atoms with Crippen LogP contribution in [0.5, 0.6) is 11.5 Å². The maximum absolute atomic E-state index is 12.2. The summed E-state index contributed by atoms with van der Waals surface area (Å²) >= 11 is 2.13. The van der Waals surface area contributed by atoms with Gasteiger partial charge in [0.1, 0.15) is 0 Å². The number of carbonyl (C=O) groups is 1. The van der Waals surface area contributed by atoms with Crippen LogP contribution in [0.25, 0.3) is 0 Å². The summed E-state index contributed by atoms with van der Waals surface area (Å²) in [6.45, 7) is 2.16. The molecule has 1 aliphatic carbocycles. The zero-order valence-corrected chi connectivity index (χ0v) is 15.1. The van der Waals surface area contributed by atoms with Gasteiger partial charge in [-0.15, -0.1) is 0 Å². The lowest BCUT2D eigenvalue weighted by Crippen LogP contribution is -2.26. The van der Waals surface area contributed by atoms with Crippen molar-refractivity contribution >= 4 is 28.5 Å². The molecule has 2 rings (SSSR count). The Morgan fingerprint density at radius 1 is 1.27 bits per heavy atom. The van der Waals surface area contributed by atoms with Crippen LogP contribution >= 0.6 is 22.6 Å². The van der Waals surface area contributed by atoms with Crippen molar-refractivity contribution in [1.82, 2.24) is 5.32 Å². The first-order valence-electron chi connectivity index (χ1n) is 7.43. The molecule has 1 aromatic rings. The lowest BCUT2D eigenvalue weighted by Gasteiger charge is -2.12. The second kappa shape index (κ2) is 8.57. The van der Waals surface area contributed by atoms with Gasteiger partial charge in [-0.25, -0.2) is 0 Å². The van der Waals surface area contributed by atoms with Gasteiger partial charge < -0.3 is 19.5 Å². The fraction of sp³-hybridized carbons (Fsp3) is 0.562. The predicted octanol–water partition coefficient (Wildman–Crippen LogP) is 2.85. The Balaban J connectivity index is 1.80. The van der Waals surface area contributed by atoms with Gasteiger partial charge in [-0.3, -0.25) is 4.79 Å². The molecule has 6 heteroatoms. The summed E-state index contributed by atoms with van der Waals surface area (Å²) < 4.78 is 16.8. The van der Waals surface area contributed by atoms with Gasteiger partial charge in [0.2, 0.25) is 0 Å². The van der Waals surface area contributed by atoms with Crippen molar-refractivity contribution in [2.45, 2.75) is 19.3 Å². The zero-order valence-electron chi connectivity index (χ0n) is 13.0. The first-order valence-corrected chi connectivity index (χ1v) is 8.51. The summed E-state index contributed by atoms with van der Waals surface area (Å²) in [7, 11) is 3.14. The summed E-state index contributed by atoms with van der Waals surface area (Å²) in [5.41, 5.74) is 0.595. The highest BCUT2D eigenvalue weighted by Gasteiger charge is 2.20. The van der Waals surface area contributed by atoms with Gasteiger partial charge in [-0.1, -0.05) is 0 Å². The van der Waals surface area contributed by atoms with Gasteiger partial charge in [-0.2, -0.15) is 0 Å². The smallest absolute Gasteiger partial charge is 0.252 e. The van der Waals surface area contributed by atoms with Crippen LogP contribution in [-0.4, -0.2) is 39.9 Å². The van der Waals surface area contributed by atoms with Crippen molar-refractivity contribution in [3.05, 3.63) is 21.3 Å². The van der Waals surface area contributed by atoms with Gasteiger partial charge in [0.25, 0.3) is 5.91 Å². The predicted molar refractivity (Wildman–Crippen MR) is 92.8 cm³/mol. The van der Waals surface area contributed by atoms with Gasteiger partial charge in [0, 0.05) is 23.3 Å². The molecule has 0 aromatic heterocycles. The molecular formula is C16H22INO4. The second-order valence-corrected chi connectivity index (χ2v) is 6.48. The highest BCUT2D eigenvalue weighted by molar-refractivity contribution is 14.1. The molecule has 0 saturated heterocycles. The molecule has 1 amide bonds. The average molecular weight is 419 g/mol. The molecule has 0 bridgehead atoms. The molecule has 1 fully saturated rings. The van der Waals surface area contributed by atoms with Crippen LogP contribution in [0.15, 0.2) is 12.1 Å². The van der Waals surface area contributed by atoms with E-state index in [4.69, 9.17) is 14.2 Å². The lowest BCUT2D eigenvalue weighted by molar-refractivity contribution is 0.0936. The molecular weight excluding hydrogens is 397 g/mol. The highest BCUT2D eigenvalue weighted by atomic mass is 127. The minimum absolute atomic E-state index is 0.104. The summed E-state index contributed by atoms with van der Waals surface area (Å²) in [6, 6.07) is 3.51. The van der Waals surface area contributed by atoms with Crippen molar-refractivity contribution in [1.29, 1.82) is 0 Å². The molecule has 0 aliphatic heterocycles. The molecule has 122 valence electrons. The average Bonchev–Trinajstić information content (AvgIpc) is 3.34. The van der Waals surface area contributed by atoms with Crippen molar-refractivity contribution < 1.29 is 19.0 Å². The first-order chi connectivity index (χ1) is 10.7. The van der Waals surface area contributed by atoms with Crippen LogP contribution < -0.4 is 14.8 Å². The molecule has 22 heavy (non-hydrogen) atoms. The SMILES string of the molecule is COc1cc(I)c(C(=O)NCCCOCC2CC2)cc1OC. The maximum Gasteiger partial charge on any atom is 0.252 e. The Labute approximate surface area is 144 Å². The van der Waals surface area contributed by atoms with Crippen LogP contribution in [-0.2, 0) is 4.74 Å². The number of halogens is 1. The summed E-state index contributed by atoms with van der Waals surface area (Å²) in [5, 5.41) is 2.91. The number of methoxy groups -OCH3 is 2. The van der Waals surface area contributed by atoms with Gasteiger partial charge in [0.05, 0.1) is 19.8 Å². The molecule has 1 saturated carbocycles. The fourth-order valence-corrected chi connectivity index (χ4v) is 2.72. The van der Waals surface area contributed by atoms with E-state index in [1.165, 1.54) is 12.8 Å². The third kappa shape index (κ3) is 5.01. The van der Waals surface area contributed by atoms with E-state index in [9.17, 15) is 4.79 Å². The van der Waals surface area contributed by atoms with Gasteiger partial charge in [0.15, 0.2) is 11.5 Å². The third-order valence-corrected chi connectivity index (χ3v) is 4.41. The van der Waals surface area contributed by atoms with Crippen LogP contribution in [0.1, 0.15) is 29.6 Å². The second-order valence-electron chi connectivity index (χ2n) is 5.31. The Bertz CT molecular complexity index is 517. The van der Waals surface area contributed by atoms with Crippen molar-refractivity contribution in [2.24, 2.45) is 5.92 Å². The van der Waals surface area contributed by atoms with Crippen molar-refractivity contribution in [2.75, 3.05) is 34.0 Å². The van der Waals surface area contributed by atoms with Gasteiger partial charge >= 0.3 is 0 Å². The van der Waals surface area contributed by atoms with Gasteiger partial charge in [-0.05, 0) is 59.9 Å². The number of carbonyl (C=O) groups excluding carboxylic acids is 1. The summed E-state index contributed by atoms with van der Waals surface area (Å²) in [4.78, 5) is 12.2. The molecule has 1 N–H and O–H groups in total. The van der Waals surface area contributed by atoms with Crippen molar-refractivity contribution in [3.8, 4) is 11.5 Å². The van der Waals surface area contributed by atoms with Crippen LogP contribution in [0.2, 0.25) is 0 Å². The number of hydrogen-bond donors (Lipinski definition) is 1. The number of nitrogens with one attached hydrogen (secondary N) is 1. The standard InChI is InChI=1S/C16H22INO4/c1-20-14-8-12(13(17)9-15(14)21-2)16(19)18-6-3-7-22-10-11-4-5-11/h8-9,11H,3-7,10H2,1-2H3,(H,18,19). The normalized spacial score (nSPS) is 13.8. The number of amides is 1. The fourth-order valence-electron chi connectivity index (χ4n) is 2.03. The minimum atomic E-state index is -0.104. The Hall–Kier alpha value is -1.02. The molecule has 0 radical (unpaired) electrons. The van der Waals surface area contributed by atoms with Crippen LogP contribution in [0.4, 0.5) is 0 Å². The molecule has 0 atom stereocenters. The highest BCUT2D eigenvalue weighted by Crippen LogP contribution is 2.31. The Morgan fingerprint density at radius 3 is 2.59 bits per heavy atom. The molecule has 0 heterocycles. The van der Waals surface area contributed by atoms with E-state index in [0.29, 0.717) is 30.2 Å². The molecule has 1 aliphatic rings. The Kier molecular flexibility index (Phi) is 6.75. The van der Waals surface area contributed by atoms with E-state index >= 15 is 0 Å². The van der Waals surface area contributed by atoms with E-state index in [2.05, 4.69) is 27.9 Å². The quantitative estimate of drug-likeness (QED) is 0.494. The number of ether oxygens (including phenoxy) is 3. The minimum Gasteiger partial charge on any atom is -0.493 e. The number of rotatable bonds is 9. The number of hydrogen-bond acceptors (Lipinski definition) is 4. The van der Waals surface area contributed by atoms with E-state index in [0.717, 1.165) is 22.5 Å². The Morgan fingerprint density at radius 2 is 1.95 bits per heavy atom. The van der Waals surface area contributed by atoms with E-state index in [1.807, 2.05) is 0 Å². The summed E-state index contributed by atoms with van der Waals surface area (Å²) in [5.74, 6) is 1.85. The van der Waals surface area contributed by atoms with E-state index in [-0.39, 0.29) is 5.91 Å². The molecule has 0 spiro atoms. The first kappa shape index (κ1) is 17.3. The lowest BCUT2D eigenvalue weighted by atomic mass is 10.2. The molecule has 1 aromatic carbocycles. The molecule has 0 unspecified atom stereocenters. The third-order valence-electron chi connectivity index (χ3n) is 3.52. The van der Waals surface area contributed by atoms with E-state index < -0.39 is 0 Å². The van der Waals surface area contributed by atoms with Crippen molar-refractivity contribution in [3.63, 3.8) is 0 Å². The van der Waals surface area contributed by atoms with E-state index in [1.54, 1.807) is 26.4 Å². The molecule has 5 nitrogen and oxygen atoms in total. The number of benzene rings is 1. The topological polar surface area (TPSA) is 56.8 Å². The monoisotopic (exact) mass is 419 g/mol. The maximum atomic E-state index is 12.2. The summed E-state index contributed by atoms with van der Waals surface area (Å²) in [6.07, 6.45) is 3.42.